The van der Waals surface area contributed by atoms with E-state index in [2.05, 4.69) is 14.7 Å². The molecule has 0 fully saturated rings. The molecule has 0 saturated carbocycles. The Morgan fingerprint density at radius 1 is 1.50 bits per heavy atom. The summed E-state index contributed by atoms with van der Waals surface area (Å²) in [7, 11) is 1.10. The standard InChI is InChI=1S/C8H7F3N2O3/c1-16-7-4(2-5(14)15)6(8(9,10)11)12-3-13-7/h3H,2H2,1H3,(H,14,15). The highest BCUT2D eigenvalue weighted by molar-refractivity contribution is 5.71. The minimum absolute atomic E-state index is 0.385. The third-order valence-electron chi connectivity index (χ3n) is 1.70. The predicted octanol–water partition coefficient (Wildman–Crippen LogP) is 1.13. The molecule has 0 aromatic carbocycles. The van der Waals surface area contributed by atoms with Crippen LogP contribution in [0.15, 0.2) is 6.33 Å². The molecule has 5 nitrogen and oxygen atoms in total. The van der Waals surface area contributed by atoms with Gasteiger partial charge in [-0.15, -0.1) is 0 Å². The van der Waals surface area contributed by atoms with Crippen molar-refractivity contribution < 1.29 is 27.8 Å². The molecular formula is C8H7F3N2O3. The molecule has 0 unspecified atom stereocenters. The second kappa shape index (κ2) is 4.33. The third kappa shape index (κ3) is 2.59. The molecule has 88 valence electrons. The third-order valence-corrected chi connectivity index (χ3v) is 1.70. The number of alkyl halides is 3. The van der Waals surface area contributed by atoms with Crippen LogP contribution in [0.5, 0.6) is 5.88 Å². The molecule has 0 saturated heterocycles. The van der Waals surface area contributed by atoms with Crippen molar-refractivity contribution in [2.45, 2.75) is 12.6 Å². The molecule has 0 amide bonds. The molecule has 0 radical (unpaired) electrons. The molecule has 0 aliphatic carbocycles. The van der Waals surface area contributed by atoms with Crippen LogP contribution in [0, 0.1) is 0 Å². The highest BCUT2D eigenvalue weighted by Crippen LogP contribution is 2.33. The lowest BCUT2D eigenvalue weighted by molar-refractivity contribution is -0.143. The lowest BCUT2D eigenvalue weighted by Gasteiger charge is -2.12. The average Bonchev–Trinajstić information content (AvgIpc) is 2.15. The van der Waals surface area contributed by atoms with Crippen molar-refractivity contribution in [2.24, 2.45) is 0 Å². The fraction of sp³-hybridized carbons (Fsp3) is 0.375. The van der Waals surface area contributed by atoms with Crippen molar-refractivity contribution in [2.75, 3.05) is 7.11 Å². The lowest BCUT2D eigenvalue weighted by atomic mass is 10.1. The van der Waals surface area contributed by atoms with Gasteiger partial charge in [-0.1, -0.05) is 0 Å². The van der Waals surface area contributed by atoms with E-state index in [1.807, 2.05) is 0 Å². The first-order chi connectivity index (χ1) is 7.36. The van der Waals surface area contributed by atoms with E-state index in [9.17, 15) is 18.0 Å². The zero-order valence-electron chi connectivity index (χ0n) is 8.08. The van der Waals surface area contributed by atoms with Crippen molar-refractivity contribution in [3.63, 3.8) is 0 Å². The van der Waals surface area contributed by atoms with E-state index in [0.29, 0.717) is 6.33 Å². The average molecular weight is 236 g/mol. The van der Waals surface area contributed by atoms with Crippen LogP contribution in [-0.2, 0) is 17.4 Å². The van der Waals surface area contributed by atoms with Gasteiger partial charge < -0.3 is 9.84 Å². The first-order valence-corrected chi connectivity index (χ1v) is 4.03. The van der Waals surface area contributed by atoms with Gasteiger partial charge in [-0.05, 0) is 0 Å². The Bertz CT molecular complexity index is 406. The second-order valence-corrected chi connectivity index (χ2v) is 2.78. The van der Waals surface area contributed by atoms with E-state index < -0.39 is 29.8 Å². The molecule has 16 heavy (non-hydrogen) atoms. The molecule has 0 aliphatic rings. The minimum Gasteiger partial charge on any atom is -0.481 e. The lowest BCUT2D eigenvalue weighted by Crippen LogP contribution is -2.16. The highest BCUT2D eigenvalue weighted by atomic mass is 19.4. The Morgan fingerprint density at radius 3 is 2.56 bits per heavy atom. The number of ether oxygens (including phenoxy) is 1. The number of carboxylic acids is 1. The van der Waals surface area contributed by atoms with Gasteiger partial charge in [-0.2, -0.15) is 13.2 Å². The smallest absolute Gasteiger partial charge is 0.433 e. The molecule has 1 rings (SSSR count). The van der Waals surface area contributed by atoms with Gasteiger partial charge in [0, 0.05) is 0 Å². The zero-order chi connectivity index (χ0) is 12.3. The molecule has 1 heterocycles. The predicted molar refractivity (Wildman–Crippen MR) is 44.9 cm³/mol. The van der Waals surface area contributed by atoms with Gasteiger partial charge in [0.1, 0.15) is 6.33 Å². The molecule has 8 heteroatoms. The van der Waals surface area contributed by atoms with E-state index in [1.54, 1.807) is 0 Å². The molecule has 0 bridgehead atoms. The van der Waals surface area contributed by atoms with Crippen LogP contribution in [0.2, 0.25) is 0 Å². The number of methoxy groups -OCH3 is 1. The Labute approximate surface area is 87.9 Å². The van der Waals surface area contributed by atoms with E-state index in [-0.39, 0.29) is 5.88 Å². The summed E-state index contributed by atoms with van der Waals surface area (Å²) in [5, 5.41) is 8.50. The van der Waals surface area contributed by atoms with Crippen LogP contribution in [0.4, 0.5) is 13.2 Å². The van der Waals surface area contributed by atoms with E-state index in [4.69, 9.17) is 5.11 Å². The van der Waals surface area contributed by atoms with Gasteiger partial charge >= 0.3 is 12.1 Å². The molecular weight excluding hydrogens is 229 g/mol. The SMILES string of the molecule is COc1ncnc(C(F)(F)F)c1CC(=O)O. The van der Waals surface area contributed by atoms with Gasteiger partial charge in [-0.25, -0.2) is 9.97 Å². The van der Waals surface area contributed by atoms with E-state index in [0.717, 1.165) is 7.11 Å². The second-order valence-electron chi connectivity index (χ2n) is 2.78. The van der Waals surface area contributed by atoms with Crippen LogP contribution in [0.3, 0.4) is 0 Å². The molecule has 1 N–H and O–H groups in total. The number of aromatic nitrogens is 2. The highest BCUT2D eigenvalue weighted by Gasteiger charge is 2.37. The van der Waals surface area contributed by atoms with E-state index >= 15 is 0 Å². The Kier molecular flexibility index (Phi) is 3.31. The number of hydrogen-bond acceptors (Lipinski definition) is 4. The summed E-state index contributed by atoms with van der Waals surface area (Å²) in [4.78, 5) is 16.9. The van der Waals surface area contributed by atoms with Crippen LogP contribution < -0.4 is 4.74 Å². The van der Waals surface area contributed by atoms with E-state index in [1.165, 1.54) is 0 Å². The summed E-state index contributed by atoms with van der Waals surface area (Å²) < 4.78 is 42.0. The number of carboxylic acid groups (broad SMARTS) is 1. The van der Waals surface area contributed by atoms with Gasteiger partial charge in [0.05, 0.1) is 19.1 Å². The van der Waals surface area contributed by atoms with Crippen molar-refractivity contribution in [3.05, 3.63) is 17.6 Å². The zero-order valence-corrected chi connectivity index (χ0v) is 8.08. The summed E-state index contributed by atoms with van der Waals surface area (Å²) >= 11 is 0. The maximum atomic E-state index is 12.5. The van der Waals surface area contributed by atoms with Crippen LogP contribution in [0.25, 0.3) is 0 Å². The topological polar surface area (TPSA) is 72.3 Å². The van der Waals surface area contributed by atoms with Crippen molar-refractivity contribution >= 4 is 5.97 Å². The molecule has 1 aromatic rings. The number of carbonyl (C=O) groups is 1. The maximum Gasteiger partial charge on any atom is 0.433 e. The first kappa shape index (κ1) is 12.2. The van der Waals surface area contributed by atoms with Crippen molar-refractivity contribution in [3.8, 4) is 5.88 Å². The normalized spacial score (nSPS) is 11.2. The quantitative estimate of drug-likeness (QED) is 0.851. The number of aliphatic carboxylic acids is 1. The summed E-state index contributed by atoms with van der Waals surface area (Å²) in [6.07, 6.45) is -4.91. The van der Waals surface area contributed by atoms with Crippen LogP contribution in [-0.4, -0.2) is 28.2 Å². The number of rotatable bonds is 3. The van der Waals surface area contributed by atoms with Crippen LogP contribution >= 0.6 is 0 Å². The first-order valence-electron chi connectivity index (χ1n) is 4.03. The Morgan fingerprint density at radius 2 is 2.12 bits per heavy atom. The minimum atomic E-state index is -4.74. The van der Waals surface area contributed by atoms with Crippen molar-refractivity contribution in [1.29, 1.82) is 0 Å². The fourth-order valence-corrected chi connectivity index (χ4v) is 1.13. The largest absolute Gasteiger partial charge is 0.481 e. The fourth-order valence-electron chi connectivity index (χ4n) is 1.13. The molecule has 0 atom stereocenters. The van der Waals surface area contributed by atoms with Gasteiger partial charge in [0.25, 0.3) is 0 Å². The number of halogens is 3. The number of hydrogen-bond donors (Lipinski definition) is 1. The van der Waals surface area contributed by atoms with Gasteiger partial charge in [0.2, 0.25) is 5.88 Å². The summed E-state index contributed by atoms with van der Waals surface area (Å²) in [6, 6.07) is 0. The van der Waals surface area contributed by atoms with Crippen molar-refractivity contribution in [1.82, 2.24) is 9.97 Å². The number of nitrogens with zero attached hydrogens (tertiary/aromatic N) is 2. The van der Waals surface area contributed by atoms with Crippen LogP contribution in [0.1, 0.15) is 11.3 Å². The molecule has 0 spiro atoms. The summed E-state index contributed by atoms with van der Waals surface area (Å²) in [6.45, 7) is 0. The molecule has 1 aromatic heterocycles. The van der Waals surface area contributed by atoms with Gasteiger partial charge in [-0.3, -0.25) is 4.79 Å². The summed E-state index contributed by atoms with van der Waals surface area (Å²) in [5.74, 6) is -1.80. The maximum absolute atomic E-state index is 12.5. The molecule has 0 aliphatic heterocycles. The Balaban J connectivity index is 3.31. The Hall–Kier alpha value is -1.86. The monoisotopic (exact) mass is 236 g/mol. The van der Waals surface area contributed by atoms with Gasteiger partial charge in [0.15, 0.2) is 5.69 Å². The summed E-state index contributed by atoms with van der Waals surface area (Å²) in [5.41, 5.74) is -1.87.